The molecule has 0 amide bonds. The molecule has 0 aliphatic rings. The van der Waals surface area contributed by atoms with Crippen molar-refractivity contribution in [2.75, 3.05) is 0 Å². The van der Waals surface area contributed by atoms with Crippen molar-refractivity contribution in [3.8, 4) is 0 Å². The summed E-state index contributed by atoms with van der Waals surface area (Å²) in [5.41, 5.74) is 0. The monoisotopic (exact) mass is 175 g/mol. The van der Waals surface area contributed by atoms with E-state index in [1.807, 2.05) is 0 Å². The highest BCUT2D eigenvalue weighted by molar-refractivity contribution is 6.20. The molecule has 0 aromatic heterocycles. The Kier molecular flexibility index (Phi) is 8.61. The van der Waals surface area contributed by atoms with Crippen LogP contribution < -0.4 is 0 Å². The summed E-state index contributed by atoms with van der Waals surface area (Å²) in [7, 11) is 0. The van der Waals surface area contributed by atoms with Crippen LogP contribution in [0.1, 0.15) is 51.9 Å². The molecular formula is C10H20Cl. The SMILES string of the molecule is [CH2]CCC(Cl)CCCCCC. The molecule has 1 heteroatoms. The molecule has 0 saturated heterocycles. The summed E-state index contributed by atoms with van der Waals surface area (Å²) in [5.74, 6) is 0. The summed E-state index contributed by atoms with van der Waals surface area (Å²) in [6.07, 6.45) is 8.53. The largest absolute Gasteiger partial charge is 0.123 e. The van der Waals surface area contributed by atoms with Gasteiger partial charge in [-0.05, 0) is 12.8 Å². The van der Waals surface area contributed by atoms with Crippen molar-refractivity contribution in [3.63, 3.8) is 0 Å². The molecule has 0 aromatic carbocycles. The average Bonchev–Trinajstić information content (AvgIpc) is 1.99. The standard InChI is InChI=1S/C10H20Cl/c1-3-5-6-7-9-10(11)8-4-2/h10H,2-9H2,1H3. The van der Waals surface area contributed by atoms with Crippen molar-refractivity contribution in [2.24, 2.45) is 0 Å². The minimum absolute atomic E-state index is 0.379. The molecule has 0 heterocycles. The molecule has 11 heavy (non-hydrogen) atoms. The van der Waals surface area contributed by atoms with Crippen molar-refractivity contribution in [1.82, 2.24) is 0 Å². The third kappa shape index (κ3) is 8.19. The minimum Gasteiger partial charge on any atom is -0.123 e. The summed E-state index contributed by atoms with van der Waals surface area (Å²) in [5, 5.41) is 0.379. The molecule has 0 aliphatic heterocycles. The van der Waals surface area contributed by atoms with E-state index in [9.17, 15) is 0 Å². The van der Waals surface area contributed by atoms with Crippen LogP contribution in [0.2, 0.25) is 0 Å². The number of alkyl halides is 1. The number of halogens is 1. The van der Waals surface area contributed by atoms with Crippen molar-refractivity contribution in [2.45, 2.75) is 57.2 Å². The van der Waals surface area contributed by atoms with Gasteiger partial charge in [-0.25, -0.2) is 0 Å². The smallest absolute Gasteiger partial charge is 0.0336 e. The van der Waals surface area contributed by atoms with E-state index >= 15 is 0 Å². The first-order valence-corrected chi connectivity index (χ1v) is 5.18. The zero-order valence-corrected chi connectivity index (χ0v) is 8.37. The molecule has 1 unspecified atom stereocenters. The maximum atomic E-state index is 6.02. The van der Waals surface area contributed by atoms with Gasteiger partial charge in [-0.1, -0.05) is 46.0 Å². The van der Waals surface area contributed by atoms with Gasteiger partial charge in [0.15, 0.2) is 0 Å². The topological polar surface area (TPSA) is 0 Å². The van der Waals surface area contributed by atoms with Crippen LogP contribution in [0.25, 0.3) is 0 Å². The zero-order chi connectivity index (χ0) is 8.53. The van der Waals surface area contributed by atoms with Gasteiger partial charge in [0.2, 0.25) is 0 Å². The number of unbranched alkanes of at least 4 members (excludes halogenated alkanes) is 3. The first kappa shape index (κ1) is 11.3. The third-order valence-corrected chi connectivity index (χ3v) is 2.32. The predicted octanol–water partition coefficient (Wildman–Crippen LogP) is 4.18. The second kappa shape index (κ2) is 8.39. The minimum atomic E-state index is 0.379. The lowest BCUT2D eigenvalue weighted by Gasteiger charge is -2.06. The van der Waals surface area contributed by atoms with E-state index in [-0.39, 0.29) is 0 Å². The highest BCUT2D eigenvalue weighted by Gasteiger charge is 2.01. The van der Waals surface area contributed by atoms with E-state index < -0.39 is 0 Å². The highest BCUT2D eigenvalue weighted by Crippen LogP contribution is 2.14. The van der Waals surface area contributed by atoms with Gasteiger partial charge in [0.25, 0.3) is 0 Å². The Balaban J connectivity index is 2.97. The Morgan fingerprint density at radius 2 is 1.91 bits per heavy atom. The van der Waals surface area contributed by atoms with E-state index in [4.69, 9.17) is 11.6 Å². The Hall–Kier alpha value is 0.290. The lowest BCUT2D eigenvalue weighted by molar-refractivity contribution is 0.597. The number of hydrogen-bond donors (Lipinski definition) is 0. The van der Waals surface area contributed by atoms with Crippen LogP contribution >= 0.6 is 11.6 Å². The average molecular weight is 176 g/mol. The summed E-state index contributed by atoms with van der Waals surface area (Å²) in [6.45, 7) is 6.02. The summed E-state index contributed by atoms with van der Waals surface area (Å²) in [4.78, 5) is 0. The molecule has 0 spiro atoms. The quantitative estimate of drug-likeness (QED) is 0.402. The molecule has 0 rings (SSSR count). The fourth-order valence-electron chi connectivity index (χ4n) is 1.16. The number of hydrogen-bond acceptors (Lipinski definition) is 0. The second-order valence-corrected chi connectivity index (χ2v) is 3.71. The van der Waals surface area contributed by atoms with Crippen molar-refractivity contribution in [1.29, 1.82) is 0 Å². The second-order valence-electron chi connectivity index (χ2n) is 3.09. The van der Waals surface area contributed by atoms with Gasteiger partial charge < -0.3 is 0 Å². The van der Waals surface area contributed by atoms with Gasteiger partial charge >= 0.3 is 0 Å². The zero-order valence-electron chi connectivity index (χ0n) is 7.61. The lowest BCUT2D eigenvalue weighted by atomic mass is 10.1. The van der Waals surface area contributed by atoms with Gasteiger partial charge in [-0.15, -0.1) is 11.6 Å². The van der Waals surface area contributed by atoms with Crippen LogP contribution in [0.15, 0.2) is 0 Å². The summed E-state index contributed by atoms with van der Waals surface area (Å²) >= 11 is 6.02. The van der Waals surface area contributed by atoms with Crippen LogP contribution in [-0.2, 0) is 0 Å². The predicted molar refractivity (Wildman–Crippen MR) is 53.0 cm³/mol. The molecule has 0 aromatic rings. The maximum Gasteiger partial charge on any atom is 0.0336 e. The lowest BCUT2D eigenvalue weighted by Crippen LogP contribution is -1.96. The molecule has 0 saturated carbocycles. The van der Waals surface area contributed by atoms with E-state index in [2.05, 4.69) is 13.8 Å². The Morgan fingerprint density at radius 1 is 1.18 bits per heavy atom. The van der Waals surface area contributed by atoms with Gasteiger partial charge in [-0.3, -0.25) is 0 Å². The molecule has 0 aliphatic carbocycles. The first-order valence-electron chi connectivity index (χ1n) is 4.74. The van der Waals surface area contributed by atoms with Crippen molar-refractivity contribution >= 4 is 11.6 Å². The van der Waals surface area contributed by atoms with E-state index in [0.29, 0.717) is 5.38 Å². The fraction of sp³-hybridized carbons (Fsp3) is 0.900. The molecule has 0 nitrogen and oxygen atoms in total. The Labute approximate surface area is 76.3 Å². The number of rotatable bonds is 7. The van der Waals surface area contributed by atoms with Crippen LogP contribution in [0.3, 0.4) is 0 Å². The van der Waals surface area contributed by atoms with Gasteiger partial charge in [0, 0.05) is 5.38 Å². The van der Waals surface area contributed by atoms with Crippen LogP contribution in [0.5, 0.6) is 0 Å². The van der Waals surface area contributed by atoms with Crippen LogP contribution in [-0.4, -0.2) is 5.38 Å². The molecule has 0 bridgehead atoms. The maximum absolute atomic E-state index is 6.02. The molecule has 1 radical (unpaired) electrons. The third-order valence-electron chi connectivity index (χ3n) is 1.89. The highest BCUT2D eigenvalue weighted by atomic mass is 35.5. The fourth-order valence-corrected chi connectivity index (χ4v) is 1.47. The first-order chi connectivity index (χ1) is 5.31. The Bertz CT molecular complexity index is 71.3. The van der Waals surface area contributed by atoms with Gasteiger partial charge in [0.1, 0.15) is 0 Å². The normalized spacial score (nSPS) is 13.4. The van der Waals surface area contributed by atoms with E-state index in [0.717, 1.165) is 12.8 Å². The van der Waals surface area contributed by atoms with Gasteiger partial charge in [0.05, 0.1) is 0 Å². The van der Waals surface area contributed by atoms with Gasteiger partial charge in [-0.2, -0.15) is 0 Å². The molecule has 1 atom stereocenters. The Morgan fingerprint density at radius 3 is 2.45 bits per heavy atom. The van der Waals surface area contributed by atoms with Crippen LogP contribution in [0.4, 0.5) is 0 Å². The summed E-state index contributed by atoms with van der Waals surface area (Å²) in [6, 6.07) is 0. The van der Waals surface area contributed by atoms with E-state index in [1.54, 1.807) is 0 Å². The molecule has 0 N–H and O–H groups in total. The van der Waals surface area contributed by atoms with Crippen molar-refractivity contribution < 1.29 is 0 Å². The molecule has 67 valence electrons. The summed E-state index contributed by atoms with van der Waals surface area (Å²) < 4.78 is 0. The van der Waals surface area contributed by atoms with E-state index in [1.165, 1.54) is 32.1 Å². The van der Waals surface area contributed by atoms with Crippen LogP contribution in [0, 0.1) is 6.92 Å². The van der Waals surface area contributed by atoms with Crippen molar-refractivity contribution in [3.05, 3.63) is 6.92 Å². The molecule has 0 fully saturated rings. The molecular weight excluding hydrogens is 156 g/mol.